The van der Waals surface area contributed by atoms with Crippen LogP contribution in [0.4, 0.5) is 0 Å². The first-order valence-electron chi connectivity index (χ1n) is 8.12. The molecule has 2 N–H and O–H groups in total. The van der Waals surface area contributed by atoms with Gasteiger partial charge in [-0.1, -0.05) is 6.07 Å². The average molecular weight is 353 g/mol. The molecular weight excluding hydrogens is 330 g/mol. The van der Waals surface area contributed by atoms with Gasteiger partial charge in [0.25, 0.3) is 0 Å². The van der Waals surface area contributed by atoms with E-state index in [0.717, 1.165) is 23.5 Å². The first kappa shape index (κ1) is 16.9. The van der Waals surface area contributed by atoms with Gasteiger partial charge in [0, 0.05) is 26.1 Å². The van der Waals surface area contributed by atoms with Crippen molar-refractivity contribution in [3.05, 3.63) is 23.8 Å². The molecule has 2 aliphatic rings. The van der Waals surface area contributed by atoms with Crippen LogP contribution in [0.5, 0.6) is 11.5 Å². The van der Waals surface area contributed by atoms with Gasteiger partial charge in [-0.15, -0.1) is 0 Å². The summed E-state index contributed by atoms with van der Waals surface area (Å²) in [5.41, 5.74) is 1.04. The molecule has 1 aromatic carbocycles. The van der Waals surface area contributed by atoms with Crippen molar-refractivity contribution in [2.75, 3.05) is 31.8 Å². The number of hydrogen-bond donors (Lipinski definition) is 2. The number of aliphatic imine (C=N–C) groups is 1. The lowest BCUT2D eigenvalue weighted by atomic mass is 10.2. The summed E-state index contributed by atoms with van der Waals surface area (Å²) in [6.45, 7) is 1.89. The van der Waals surface area contributed by atoms with Crippen molar-refractivity contribution >= 4 is 15.8 Å². The van der Waals surface area contributed by atoms with E-state index < -0.39 is 9.84 Å². The van der Waals surface area contributed by atoms with Gasteiger partial charge in [-0.25, -0.2) is 8.42 Å². The van der Waals surface area contributed by atoms with Crippen LogP contribution >= 0.6 is 0 Å². The Balaban J connectivity index is 1.57. The second-order valence-electron chi connectivity index (χ2n) is 6.00. The van der Waals surface area contributed by atoms with Gasteiger partial charge in [0.2, 0.25) is 0 Å². The van der Waals surface area contributed by atoms with Crippen LogP contribution < -0.4 is 20.1 Å². The van der Waals surface area contributed by atoms with Crippen LogP contribution in [-0.2, 0) is 16.4 Å². The molecule has 1 atom stereocenters. The normalized spacial score (nSPS) is 22.7. The number of nitrogens with zero attached hydrogens (tertiary/aromatic N) is 1. The zero-order chi connectivity index (χ0) is 17.0. The van der Waals surface area contributed by atoms with Crippen LogP contribution in [0.2, 0.25) is 0 Å². The first-order chi connectivity index (χ1) is 11.6. The molecule has 3 rings (SSSR count). The highest BCUT2D eigenvalue weighted by atomic mass is 32.2. The lowest BCUT2D eigenvalue weighted by Gasteiger charge is -2.16. The maximum atomic E-state index is 11.5. The number of hydrogen-bond acceptors (Lipinski definition) is 5. The van der Waals surface area contributed by atoms with Gasteiger partial charge in [-0.3, -0.25) is 4.99 Å². The van der Waals surface area contributed by atoms with Crippen LogP contribution in [0.3, 0.4) is 0 Å². The van der Waals surface area contributed by atoms with Gasteiger partial charge in [-0.2, -0.15) is 0 Å². The van der Waals surface area contributed by atoms with E-state index in [2.05, 4.69) is 15.6 Å². The molecule has 1 aromatic rings. The van der Waals surface area contributed by atoms with E-state index in [1.165, 1.54) is 0 Å². The molecule has 0 saturated carbocycles. The molecule has 1 unspecified atom stereocenters. The third-order valence-electron chi connectivity index (χ3n) is 4.07. The summed E-state index contributed by atoms with van der Waals surface area (Å²) in [4.78, 5) is 4.16. The minimum Gasteiger partial charge on any atom is -0.490 e. The minimum absolute atomic E-state index is 0.0787. The van der Waals surface area contributed by atoms with Crippen molar-refractivity contribution in [2.45, 2.75) is 25.4 Å². The van der Waals surface area contributed by atoms with Gasteiger partial charge < -0.3 is 20.1 Å². The Kier molecular flexibility index (Phi) is 5.13. The van der Waals surface area contributed by atoms with Crippen molar-refractivity contribution < 1.29 is 17.9 Å². The Morgan fingerprint density at radius 1 is 1.29 bits per heavy atom. The molecule has 0 amide bonds. The van der Waals surface area contributed by atoms with Crippen LogP contribution in [0.25, 0.3) is 0 Å². The number of benzene rings is 1. The van der Waals surface area contributed by atoms with E-state index in [1.807, 2.05) is 18.2 Å². The fraction of sp³-hybridized carbons (Fsp3) is 0.562. The van der Waals surface area contributed by atoms with E-state index in [4.69, 9.17) is 9.47 Å². The molecular formula is C16H23N3O4S. The topological polar surface area (TPSA) is 89.0 Å². The number of rotatable bonds is 3. The van der Waals surface area contributed by atoms with Gasteiger partial charge in [0.15, 0.2) is 27.3 Å². The van der Waals surface area contributed by atoms with Crippen molar-refractivity contribution in [3.63, 3.8) is 0 Å². The predicted octanol–water partition coefficient (Wildman–Crippen LogP) is 0.700. The summed E-state index contributed by atoms with van der Waals surface area (Å²) in [6.07, 6.45) is 1.50. The third kappa shape index (κ3) is 4.31. The van der Waals surface area contributed by atoms with Crippen molar-refractivity contribution in [2.24, 2.45) is 4.99 Å². The zero-order valence-corrected chi connectivity index (χ0v) is 14.6. The Morgan fingerprint density at radius 3 is 2.79 bits per heavy atom. The summed E-state index contributed by atoms with van der Waals surface area (Å²) in [5, 5.41) is 6.38. The lowest BCUT2D eigenvalue weighted by molar-refractivity contribution is 0.297. The molecule has 1 fully saturated rings. The monoisotopic (exact) mass is 353 g/mol. The van der Waals surface area contributed by atoms with Crippen molar-refractivity contribution in [3.8, 4) is 11.5 Å². The summed E-state index contributed by atoms with van der Waals surface area (Å²) < 4.78 is 34.4. The third-order valence-corrected chi connectivity index (χ3v) is 5.84. The zero-order valence-electron chi connectivity index (χ0n) is 13.7. The number of guanidine groups is 1. The van der Waals surface area contributed by atoms with E-state index in [-0.39, 0.29) is 17.5 Å². The van der Waals surface area contributed by atoms with Crippen LogP contribution in [0, 0.1) is 0 Å². The van der Waals surface area contributed by atoms with Gasteiger partial charge in [-0.05, 0) is 24.1 Å². The molecule has 0 radical (unpaired) electrons. The van der Waals surface area contributed by atoms with Crippen LogP contribution in [-0.4, -0.2) is 52.2 Å². The highest BCUT2D eigenvalue weighted by molar-refractivity contribution is 7.91. The SMILES string of the molecule is CN=C(NCc1ccc2c(c1)OCCCO2)NC1CCS(=O)(=O)C1. The molecule has 132 valence electrons. The number of fused-ring (bicyclic) bond motifs is 1. The molecule has 0 aromatic heterocycles. The van der Waals surface area contributed by atoms with E-state index >= 15 is 0 Å². The van der Waals surface area contributed by atoms with Crippen molar-refractivity contribution in [1.29, 1.82) is 0 Å². The van der Waals surface area contributed by atoms with Crippen LogP contribution in [0.15, 0.2) is 23.2 Å². The quantitative estimate of drug-likeness (QED) is 0.614. The molecule has 0 aliphatic carbocycles. The average Bonchev–Trinajstić information content (AvgIpc) is 2.76. The second kappa shape index (κ2) is 7.29. The Hall–Kier alpha value is -1.96. The Bertz CT molecular complexity index is 718. The van der Waals surface area contributed by atoms with Gasteiger partial charge in [0.05, 0.1) is 24.7 Å². The van der Waals surface area contributed by atoms with Crippen LogP contribution in [0.1, 0.15) is 18.4 Å². The number of sulfone groups is 1. The van der Waals surface area contributed by atoms with E-state index in [9.17, 15) is 8.42 Å². The summed E-state index contributed by atoms with van der Waals surface area (Å²) in [6, 6.07) is 5.77. The maximum Gasteiger partial charge on any atom is 0.191 e. The lowest BCUT2D eigenvalue weighted by Crippen LogP contribution is -2.43. The minimum atomic E-state index is -2.91. The summed E-state index contributed by atoms with van der Waals surface area (Å²) >= 11 is 0. The molecule has 24 heavy (non-hydrogen) atoms. The molecule has 8 heteroatoms. The molecule has 7 nitrogen and oxygen atoms in total. The molecule has 2 heterocycles. The van der Waals surface area contributed by atoms with E-state index in [0.29, 0.717) is 32.1 Å². The van der Waals surface area contributed by atoms with Gasteiger partial charge >= 0.3 is 0 Å². The summed E-state index contributed by atoms with van der Waals surface area (Å²) in [7, 11) is -1.23. The molecule has 0 spiro atoms. The first-order valence-corrected chi connectivity index (χ1v) is 9.94. The number of ether oxygens (including phenoxy) is 2. The molecule has 1 saturated heterocycles. The highest BCUT2D eigenvalue weighted by Gasteiger charge is 2.28. The van der Waals surface area contributed by atoms with Crippen molar-refractivity contribution in [1.82, 2.24) is 10.6 Å². The fourth-order valence-electron chi connectivity index (χ4n) is 2.80. The van der Waals surface area contributed by atoms with Gasteiger partial charge in [0.1, 0.15) is 0 Å². The Labute approximate surface area is 142 Å². The Morgan fingerprint density at radius 2 is 2.08 bits per heavy atom. The molecule has 0 bridgehead atoms. The smallest absolute Gasteiger partial charge is 0.191 e. The largest absolute Gasteiger partial charge is 0.490 e. The fourth-order valence-corrected chi connectivity index (χ4v) is 4.47. The summed E-state index contributed by atoms with van der Waals surface area (Å²) in [5.74, 6) is 2.54. The second-order valence-corrected chi connectivity index (χ2v) is 8.23. The van der Waals surface area contributed by atoms with E-state index in [1.54, 1.807) is 7.05 Å². The number of nitrogens with one attached hydrogen (secondary N) is 2. The predicted molar refractivity (Wildman–Crippen MR) is 92.4 cm³/mol. The maximum absolute atomic E-state index is 11.5. The highest BCUT2D eigenvalue weighted by Crippen LogP contribution is 2.30. The molecule has 2 aliphatic heterocycles. The standard InChI is InChI=1S/C16H23N3O4S/c1-17-16(19-13-5-8-24(20,21)11-13)18-10-12-3-4-14-15(9-12)23-7-2-6-22-14/h3-4,9,13H,2,5-8,10-11H2,1H3,(H2,17,18,19).